The molecule has 114 valence electrons. The van der Waals surface area contributed by atoms with E-state index < -0.39 is 0 Å². The number of amides is 1. The summed E-state index contributed by atoms with van der Waals surface area (Å²) in [5, 5.41) is 5.52. The van der Waals surface area contributed by atoms with Crippen LogP contribution < -0.4 is 5.32 Å². The van der Waals surface area contributed by atoms with E-state index >= 15 is 0 Å². The van der Waals surface area contributed by atoms with Crippen LogP contribution in [0.3, 0.4) is 0 Å². The molecule has 0 atom stereocenters. The molecule has 0 unspecified atom stereocenters. The maximum absolute atomic E-state index is 12.4. The third-order valence-corrected chi connectivity index (χ3v) is 4.92. The first-order valence-corrected chi connectivity index (χ1v) is 8.43. The van der Waals surface area contributed by atoms with Gasteiger partial charge in [0.05, 0.1) is 0 Å². The summed E-state index contributed by atoms with van der Waals surface area (Å²) in [4.78, 5) is 15.6. The van der Waals surface area contributed by atoms with Crippen molar-refractivity contribution < 1.29 is 4.79 Å². The lowest BCUT2D eigenvalue weighted by molar-refractivity contribution is 0.0771. The van der Waals surface area contributed by atoms with Crippen LogP contribution in [0, 0.1) is 6.92 Å². The molecule has 1 aromatic carbocycles. The Bertz CT molecular complexity index is 673. The van der Waals surface area contributed by atoms with Crippen molar-refractivity contribution >= 4 is 22.9 Å². The topological polar surface area (TPSA) is 32.3 Å². The molecular weight excluding hydrogens is 292 g/mol. The van der Waals surface area contributed by atoms with Crippen LogP contribution in [0.15, 0.2) is 47.9 Å². The zero-order valence-electron chi connectivity index (χ0n) is 12.7. The molecule has 0 bridgehead atoms. The minimum Gasteiger partial charge on any atom is -0.380 e. The largest absolute Gasteiger partial charge is 0.380 e. The molecule has 1 aromatic heterocycles. The average molecular weight is 312 g/mol. The number of aryl methyl sites for hydroxylation is 1. The summed E-state index contributed by atoms with van der Waals surface area (Å²) in [6.07, 6.45) is 5.13. The zero-order valence-corrected chi connectivity index (χ0v) is 13.5. The molecule has 2 aromatic rings. The summed E-state index contributed by atoms with van der Waals surface area (Å²) in [7, 11) is 0. The molecule has 1 N–H and O–H groups in total. The highest BCUT2D eigenvalue weighted by Crippen LogP contribution is 2.18. The molecular formula is C18H20N2OS. The summed E-state index contributed by atoms with van der Waals surface area (Å²) < 4.78 is 0. The van der Waals surface area contributed by atoms with E-state index in [2.05, 4.69) is 35.8 Å². The average Bonchev–Trinajstić information content (AvgIpc) is 2.99. The standard InChI is InChI=1S/C18H20N2OS/c1-14-9-12-22-17(14)13-19-16-7-5-15(6-8-16)18(21)20-10-3-2-4-11-20/h2-3,5-9,12,19H,4,10-11,13H2,1H3. The van der Waals surface area contributed by atoms with Crippen LogP contribution >= 0.6 is 11.3 Å². The van der Waals surface area contributed by atoms with E-state index in [-0.39, 0.29) is 5.91 Å². The lowest BCUT2D eigenvalue weighted by Crippen LogP contribution is -2.33. The van der Waals surface area contributed by atoms with Gasteiger partial charge < -0.3 is 10.2 Å². The van der Waals surface area contributed by atoms with Gasteiger partial charge in [-0.15, -0.1) is 11.3 Å². The second-order valence-corrected chi connectivity index (χ2v) is 6.47. The fourth-order valence-electron chi connectivity index (χ4n) is 2.51. The molecule has 22 heavy (non-hydrogen) atoms. The van der Waals surface area contributed by atoms with Gasteiger partial charge in [-0.1, -0.05) is 12.2 Å². The van der Waals surface area contributed by atoms with Crippen molar-refractivity contribution in [1.29, 1.82) is 0 Å². The van der Waals surface area contributed by atoms with Crippen LogP contribution in [0.5, 0.6) is 0 Å². The highest BCUT2D eigenvalue weighted by atomic mass is 32.1. The van der Waals surface area contributed by atoms with E-state index in [1.807, 2.05) is 29.2 Å². The Labute approximate surface area is 135 Å². The van der Waals surface area contributed by atoms with Crippen molar-refractivity contribution in [3.63, 3.8) is 0 Å². The Balaban J connectivity index is 1.61. The van der Waals surface area contributed by atoms with Gasteiger partial charge in [0, 0.05) is 35.8 Å². The molecule has 0 radical (unpaired) electrons. The fourth-order valence-corrected chi connectivity index (χ4v) is 3.35. The van der Waals surface area contributed by atoms with Gasteiger partial charge >= 0.3 is 0 Å². The van der Waals surface area contributed by atoms with E-state index in [4.69, 9.17) is 0 Å². The lowest BCUT2D eigenvalue weighted by Gasteiger charge is -2.23. The SMILES string of the molecule is Cc1ccsc1CNc1ccc(C(=O)N2CC=CCC2)cc1. The number of thiophene rings is 1. The van der Waals surface area contributed by atoms with E-state index in [1.54, 1.807) is 11.3 Å². The molecule has 1 amide bonds. The van der Waals surface area contributed by atoms with Crippen LogP contribution in [0.25, 0.3) is 0 Å². The molecule has 0 aliphatic carbocycles. The molecule has 2 heterocycles. The van der Waals surface area contributed by atoms with Crippen LogP contribution in [-0.2, 0) is 6.54 Å². The van der Waals surface area contributed by atoms with Crippen molar-refractivity contribution in [3.8, 4) is 0 Å². The third-order valence-electron chi connectivity index (χ3n) is 3.90. The normalized spacial score (nSPS) is 14.1. The number of nitrogens with one attached hydrogen (secondary N) is 1. The highest BCUT2D eigenvalue weighted by Gasteiger charge is 2.15. The first-order valence-electron chi connectivity index (χ1n) is 7.55. The molecule has 1 aliphatic rings. The summed E-state index contributed by atoms with van der Waals surface area (Å²) in [5.41, 5.74) is 3.12. The monoisotopic (exact) mass is 312 g/mol. The minimum atomic E-state index is 0.116. The van der Waals surface area contributed by atoms with Gasteiger partial charge in [-0.2, -0.15) is 0 Å². The van der Waals surface area contributed by atoms with Crippen molar-refractivity contribution in [3.05, 3.63) is 63.9 Å². The van der Waals surface area contributed by atoms with E-state index in [0.29, 0.717) is 0 Å². The number of nitrogens with zero attached hydrogens (tertiary/aromatic N) is 1. The first kappa shape index (κ1) is 14.9. The van der Waals surface area contributed by atoms with Crippen LogP contribution in [-0.4, -0.2) is 23.9 Å². The summed E-state index contributed by atoms with van der Waals surface area (Å²) >= 11 is 1.77. The number of hydrogen-bond donors (Lipinski definition) is 1. The van der Waals surface area contributed by atoms with Crippen molar-refractivity contribution in [2.75, 3.05) is 18.4 Å². The maximum atomic E-state index is 12.4. The van der Waals surface area contributed by atoms with E-state index in [0.717, 1.165) is 37.3 Å². The number of anilines is 1. The molecule has 3 nitrogen and oxygen atoms in total. The lowest BCUT2D eigenvalue weighted by atomic mass is 10.1. The number of rotatable bonds is 4. The third kappa shape index (κ3) is 3.39. The van der Waals surface area contributed by atoms with Crippen LogP contribution in [0.1, 0.15) is 27.2 Å². The molecule has 4 heteroatoms. The van der Waals surface area contributed by atoms with Gasteiger partial charge in [-0.05, 0) is 54.6 Å². The second-order valence-electron chi connectivity index (χ2n) is 5.47. The molecule has 0 saturated heterocycles. The zero-order chi connectivity index (χ0) is 15.4. The molecule has 1 aliphatic heterocycles. The predicted octanol–water partition coefficient (Wildman–Crippen LogP) is 4.07. The Kier molecular flexibility index (Phi) is 4.59. The number of benzene rings is 1. The van der Waals surface area contributed by atoms with Crippen molar-refractivity contribution in [2.24, 2.45) is 0 Å². The smallest absolute Gasteiger partial charge is 0.254 e. The van der Waals surface area contributed by atoms with Crippen LogP contribution in [0.2, 0.25) is 0 Å². The van der Waals surface area contributed by atoms with Crippen molar-refractivity contribution in [1.82, 2.24) is 4.90 Å². The highest BCUT2D eigenvalue weighted by molar-refractivity contribution is 7.10. The van der Waals surface area contributed by atoms with Gasteiger partial charge in [0.2, 0.25) is 0 Å². The second kappa shape index (κ2) is 6.79. The first-order chi connectivity index (χ1) is 10.7. The van der Waals surface area contributed by atoms with E-state index in [9.17, 15) is 4.79 Å². The van der Waals surface area contributed by atoms with Crippen molar-refractivity contribution in [2.45, 2.75) is 19.9 Å². The van der Waals surface area contributed by atoms with Gasteiger partial charge in [-0.25, -0.2) is 0 Å². The Morgan fingerprint density at radius 3 is 2.68 bits per heavy atom. The maximum Gasteiger partial charge on any atom is 0.254 e. The van der Waals surface area contributed by atoms with E-state index in [1.165, 1.54) is 10.4 Å². The molecule has 0 fully saturated rings. The quantitative estimate of drug-likeness (QED) is 0.863. The van der Waals surface area contributed by atoms with Gasteiger partial charge in [0.1, 0.15) is 0 Å². The van der Waals surface area contributed by atoms with Gasteiger partial charge in [0.25, 0.3) is 5.91 Å². The predicted molar refractivity (Wildman–Crippen MR) is 92.5 cm³/mol. The number of carbonyl (C=O) groups is 1. The number of hydrogen-bond acceptors (Lipinski definition) is 3. The summed E-state index contributed by atoms with van der Waals surface area (Å²) in [5.74, 6) is 0.116. The Morgan fingerprint density at radius 1 is 1.23 bits per heavy atom. The summed E-state index contributed by atoms with van der Waals surface area (Å²) in [6.45, 7) is 4.49. The van der Waals surface area contributed by atoms with Gasteiger partial charge in [-0.3, -0.25) is 4.79 Å². The Hall–Kier alpha value is -2.07. The summed E-state index contributed by atoms with van der Waals surface area (Å²) in [6, 6.07) is 9.91. The Morgan fingerprint density at radius 2 is 2.05 bits per heavy atom. The van der Waals surface area contributed by atoms with Crippen LogP contribution in [0.4, 0.5) is 5.69 Å². The fraction of sp³-hybridized carbons (Fsp3) is 0.278. The minimum absolute atomic E-state index is 0.116. The molecule has 3 rings (SSSR count). The number of carbonyl (C=O) groups excluding carboxylic acids is 1. The molecule has 0 saturated carbocycles. The molecule has 0 spiro atoms. The van der Waals surface area contributed by atoms with Gasteiger partial charge in [0.15, 0.2) is 0 Å².